The molecular weight excluding hydrogens is 513 g/mol. The zero-order valence-corrected chi connectivity index (χ0v) is 21.8. The number of thioether (sulfide) groups is 1. The zero-order valence-electron chi connectivity index (χ0n) is 19.5. The van der Waals surface area contributed by atoms with Crippen LogP contribution in [0.3, 0.4) is 0 Å². The van der Waals surface area contributed by atoms with Crippen molar-refractivity contribution in [1.29, 1.82) is 5.26 Å². The normalized spacial score (nSPS) is 16.6. The van der Waals surface area contributed by atoms with Gasteiger partial charge in [0, 0.05) is 22.3 Å². The van der Waals surface area contributed by atoms with Crippen molar-refractivity contribution >= 4 is 52.5 Å². The molecule has 2 amide bonds. The number of halogens is 2. The van der Waals surface area contributed by atoms with Crippen LogP contribution in [0, 0.1) is 18.3 Å². The van der Waals surface area contributed by atoms with E-state index < -0.39 is 11.2 Å². The largest absolute Gasteiger partial charge is 0.351 e. The smallest absolute Gasteiger partial charge is 0.264 e. The van der Waals surface area contributed by atoms with Crippen LogP contribution in [0.25, 0.3) is 0 Å². The number of hydrogen-bond donors (Lipinski definition) is 1. The molecule has 1 saturated heterocycles. The lowest BCUT2D eigenvalue weighted by Crippen LogP contribution is -2.32. The summed E-state index contributed by atoms with van der Waals surface area (Å²) in [7, 11) is 0. The predicted molar refractivity (Wildman–Crippen MR) is 146 cm³/mol. The summed E-state index contributed by atoms with van der Waals surface area (Å²) >= 11 is 13.6. The molecule has 8 heteroatoms. The van der Waals surface area contributed by atoms with Crippen LogP contribution < -0.4 is 10.2 Å². The molecule has 3 aromatic rings. The van der Waals surface area contributed by atoms with E-state index in [-0.39, 0.29) is 11.5 Å². The molecule has 1 aliphatic heterocycles. The maximum Gasteiger partial charge on any atom is 0.264 e. The van der Waals surface area contributed by atoms with Crippen LogP contribution in [0.15, 0.2) is 83.4 Å². The Kier molecular flexibility index (Phi) is 8.37. The highest BCUT2D eigenvalue weighted by Gasteiger charge is 2.41. The summed E-state index contributed by atoms with van der Waals surface area (Å²) in [5.41, 5.74) is 3.39. The van der Waals surface area contributed by atoms with Crippen LogP contribution in [-0.4, -0.2) is 23.6 Å². The number of benzene rings is 3. The number of rotatable bonds is 7. The first-order valence-corrected chi connectivity index (χ1v) is 13.0. The topological polar surface area (TPSA) is 73.2 Å². The fourth-order valence-electron chi connectivity index (χ4n) is 3.86. The van der Waals surface area contributed by atoms with E-state index in [2.05, 4.69) is 5.32 Å². The molecule has 0 aromatic heterocycles. The van der Waals surface area contributed by atoms with Gasteiger partial charge in [-0.3, -0.25) is 14.5 Å². The van der Waals surface area contributed by atoms with Crippen molar-refractivity contribution in [3.8, 4) is 6.07 Å². The van der Waals surface area contributed by atoms with Gasteiger partial charge in [0.15, 0.2) is 0 Å². The molecule has 0 radical (unpaired) electrons. The summed E-state index contributed by atoms with van der Waals surface area (Å²) in [6, 6.07) is 24.4. The van der Waals surface area contributed by atoms with Crippen LogP contribution in [0.4, 0.5) is 5.69 Å². The maximum atomic E-state index is 13.6. The van der Waals surface area contributed by atoms with Crippen molar-refractivity contribution in [2.75, 3.05) is 11.4 Å². The lowest BCUT2D eigenvalue weighted by atomic mass is 10.1. The molecule has 0 aliphatic carbocycles. The Balaban J connectivity index is 1.63. The SMILES string of the molecule is Cc1ccc(N2C(=O)[C@H](Cc3ccc(Cl)cc3Cl)S/C2=C(\C#N)C(=O)NCCc2ccccc2)cc1. The highest BCUT2D eigenvalue weighted by molar-refractivity contribution is 8.05. The molecular formula is C28H23Cl2N3O2S. The Bertz CT molecular complexity index is 1350. The van der Waals surface area contributed by atoms with E-state index in [4.69, 9.17) is 23.2 Å². The molecule has 1 atom stereocenters. The maximum absolute atomic E-state index is 13.6. The number of carbonyl (C=O) groups is 2. The van der Waals surface area contributed by atoms with E-state index in [0.717, 1.165) is 16.7 Å². The second-order valence-electron chi connectivity index (χ2n) is 8.34. The van der Waals surface area contributed by atoms with Gasteiger partial charge in [0.2, 0.25) is 5.91 Å². The summed E-state index contributed by atoms with van der Waals surface area (Å²) < 4.78 is 0. The standard InChI is InChI=1S/C28H23Cl2N3O2S/c1-18-7-11-22(12-8-18)33-27(35)25(15-20-9-10-21(29)16-24(20)30)36-28(33)23(17-31)26(34)32-14-13-19-5-3-2-4-6-19/h2-12,16,25H,13-15H2,1H3,(H,32,34)/b28-23+/t25-/m0/s1. The van der Waals surface area contributed by atoms with Gasteiger partial charge in [-0.2, -0.15) is 5.26 Å². The minimum Gasteiger partial charge on any atom is -0.351 e. The van der Waals surface area contributed by atoms with E-state index in [1.54, 1.807) is 18.2 Å². The fraction of sp³-hybridized carbons (Fsp3) is 0.179. The Morgan fingerprint density at radius 2 is 1.81 bits per heavy atom. The molecule has 0 spiro atoms. The van der Waals surface area contributed by atoms with E-state index in [9.17, 15) is 14.9 Å². The summed E-state index contributed by atoms with van der Waals surface area (Å²) in [5.74, 6) is -0.722. The van der Waals surface area contributed by atoms with Crippen LogP contribution in [-0.2, 0) is 22.4 Å². The number of nitrogens with one attached hydrogen (secondary N) is 1. The third-order valence-electron chi connectivity index (χ3n) is 5.76. The van der Waals surface area contributed by atoms with Gasteiger partial charge in [-0.05, 0) is 55.2 Å². The van der Waals surface area contributed by atoms with Crippen LogP contribution >= 0.6 is 35.0 Å². The van der Waals surface area contributed by atoms with E-state index in [0.29, 0.717) is 40.1 Å². The lowest BCUT2D eigenvalue weighted by molar-refractivity contribution is -0.117. The van der Waals surface area contributed by atoms with Crippen molar-refractivity contribution < 1.29 is 9.59 Å². The van der Waals surface area contributed by atoms with Crippen molar-refractivity contribution in [1.82, 2.24) is 5.32 Å². The molecule has 0 bridgehead atoms. The number of carbonyl (C=O) groups excluding carboxylic acids is 2. The molecule has 5 nitrogen and oxygen atoms in total. The third kappa shape index (κ3) is 5.93. The highest BCUT2D eigenvalue weighted by atomic mass is 35.5. The van der Waals surface area contributed by atoms with E-state index in [1.165, 1.54) is 16.7 Å². The summed E-state index contributed by atoms with van der Waals surface area (Å²) in [5, 5.41) is 13.5. The van der Waals surface area contributed by atoms with Gasteiger partial charge in [-0.1, -0.05) is 89.1 Å². The first-order chi connectivity index (χ1) is 17.4. The molecule has 3 aromatic carbocycles. The van der Waals surface area contributed by atoms with E-state index in [1.807, 2.05) is 67.6 Å². The molecule has 1 heterocycles. The minimum atomic E-state index is -0.555. The molecule has 1 fully saturated rings. The Labute approximate surface area is 224 Å². The molecule has 0 unspecified atom stereocenters. The molecule has 1 N–H and O–H groups in total. The number of nitriles is 1. The predicted octanol–water partition coefficient (Wildman–Crippen LogP) is 6.09. The van der Waals surface area contributed by atoms with Crippen molar-refractivity contribution in [2.24, 2.45) is 0 Å². The summed E-state index contributed by atoms with van der Waals surface area (Å²) in [6.45, 7) is 2.32. The van der Waals surface area contributed by atoms with Crippen LogP contribution in [0.2, 0.25) is 10.0 Å². The van der Waals surface area contributed by atoms with Gasteiger partial charge >= 0.3 is 0 Å². The van der Waals surface area contributed by atoms with E-state index >= 15 is 0 Å². The number of hydrogen-bond acceptors (Lipinski definition) is 4. The Hall–Kier alpha value is -3.24. The average Bonchev–Trinajstić information content (AvgIpc) is 3.18. The van der Waals surface area contributed by atoms with Crippen molar-refractivity contribution in [3.05, 3.63) is 110 Å². The van der Waals surface area contributed by atoms with Gasteiger partial charge < -0.3 is 5.32 Å². The Morgan fingerprint density at radius 3 is 2.47 bits per heavy atom. The van der Waals surface area contributed by atoms with Crippen LogP contribution in [0.1, 0.15) is 16.7 Å². The number of aryl methyl sites for hydroxylation is 1. The highest BCUT2D eigenvalue weighted by Crippen LogP contribution is 2.42. The van der Waals surface area contributed by atoms with Gasteiger partial charge in [0.1, 0.15) is 16.7 Å². The molecule has 36 heavy (non-hydrogen) atoms. The van der Waals surface area contributed by atoms with Gasteiger partial charge in [-0.15, -0.1) is 0 Å². The fourth-order valence-corrected chi connectivity index (χ4v) is 5.64. The average molecular weight is 536 g/mol. The van der Waals surface area contributed by atoms with Crippen molar-refractivity contribution in [3.63, 3.8) is 0 Å². The second kappa shape index (κ2) is 11.7. The minimum absolute atomic E-state index is 0.0910. The van der Waals surface area contributed by atoms with Gasteiger partial charge in [0.25, 0.3) is 5.91 Å². The summed E-state index contributed by atoms with van der Waals surface area (Å²) in [6.07, 6.45) is 0.964. The summed E-state index contributed by atoms with van der Waals surface area (Å²) in [4.78, 5) is 28.1. The molecule has 4 rings (SSSR count). The first kappa shape index (κ1) is 25.8. The number of amides is 2. The zero-order chi connectivity index (χ0) is 25.7. The van der Waals surface area contributed by atoms with Crippen LogP contribution in [0.5, 0.6) is 0 Å². The van der Waals surface area contributed by atoms with Crippen molar-refractivity contribution in [2.45, 2.75) is 25.0 Å². The van der Waals surface area contributed by atoms with Gasteiger partial charge in [-0.25, -0.2) is 0 Å². The Morgan fingerprint density at radius 1 is 1.08 bits per heavy atom. The second-order valence-corrected chi connectivity index (χ2v) is 10.4. The number of nitrogens with zero attached hydrogens (tertiary/aromatic N) is 2. The monoisotopic (exact) mass is 535 g/mol. The molecule has 1 aliphatic rings. The lowest BCUT2D eigenvalue weighted by Gasteiger charge is -2.19. The molecule has 182 valence electrons. The first-order valence-electron chi connectivity index (χ1n) is 11.3. The number of anilines is 1. The molecule has 0 saturated carbocycles. The quantitative estimate of drug-likeness (QED) is 0.293. The van der Waals surface area contributed by atoms with Gasteiger partial charge in [0.05, 0.1) is 5.25 Å². The third-order valence-corrected chi connectivity index (χ3v) is 7.61.